The third-order valence-corrected chi connectivity index (χ3v) is 5.35. The summed E-state index contributed by atoms with van der Waals surface area (Å²) in [4.78, 5) is 48.7. The number of β-amino-alcohol motifs (C(OH)–C–C–N with tert-alkyl or cyclic N) is 1. The Morgan fingerprint density at radius 2 is 2.07 bits per heavy atom. The van der Waals surface area contributed by atoms with Gasteiger partial charge in [0.25, 0.3) is 5.56 Å². The Labute approximate surface area is 169 Å². The number of benzene rings is 1. The molecule has 1 amide bonds. The molecule has 1 aliphatic heterocycles. The molecule has 0 bridgehead atoms. The van der Waals surface area contributed by atoms with Crippen molar-refractivity contribution in [3.63, 3.8) is 0 Å². The van der Waals surface area contributed by atoms with Gasteiger partial charge >= 0.3 is 11.7 Å². The first kappa shape index (κ1) is 20.0. The molecule has 0 spiro atoms. The second kappa shape index (κ2) is 7.84. The number of carbonyl (C=O) groups is 1. The summed E-state index contributed by atoms with van der Waals surface area (Å²) >= 11 is 0. The van der Waals surface area contributed by atoms with Gasteiger partial charge in [-0.2, -0.15) is 0 Å². The lowest BCUT2D eigenvalue weighted by molar-refractivity contribution is 0.151. The van der Waals surface area contributed by atoms with Crippen LogP contribution in [0, 0.1) is 5.82 Å². The second-order valence-electron chi connectivity index (χ2n) is 7.38. The number of H-pyrrole nitrogens is 2. The van der Waals surface area contributed by atoms with E-state index in [1.165, 1.54) is 23.4 Å². The first-order chi connectivity index (χ1) is 14.3. The third kappa shape index (κ3) is 3.76. The lowest BCUT2D eigenvalue weighted by atomic mass is 10.1. The van der Waals surface area contributed by atoms with E-state index in [0.717, 1.165) is 4.57 Å². The van der Waals surface area contributed by atoms with Crippen molar-refractivity contribution in [1.29, 1.82) is 0 Å². The maximum absolute atomic E-state index is 13.4. The normalized spacial score (nSPS) is 18.0. The first-order valence-electron chi connectivity index (χ1n) is 9.46. The van der Waals surface area contributed by atoms with Gasteiger partial charge in [0, 0.05) is 26.7 Å². The Bertz CT molecular complexity index is 1180. The van der Waals surface area contributed by atoms with Gasteiger partial charge in [-0.3, -0.25) is 19.7 Å². The number of carbonyl (C=O) groups excluding carboxylic acids is 1. The van der Waals surface area contributed by atoms with Crippen molar-refractivity contribution in [2.75, 3.05) is 26.7 Å². The van der Waals surface area contributed by atoms with Crippen LogP contribution in [0.1, 0.15) is 18.0 Å². The van der Waals surface area contributed by atoms with Crippen LogP contribution < -0.4 is 11.2 Å². The van der Waals surface area contributed by atoms with Gasteiger partial charge in [-0.15, -0.1) is 0 Å². The van der Waals surface area contributed by atoms with E-state index in [9.17, 15) is 23.9 Å². The monoisotopic (exact) mass is 416 g/mol. The second-order valence-corrected chi connectivity index (χ2v) is 7.38. The highest BCUT2D eigenvalue weighted by Crippen LogP contribution is 2.24. The zero-order chi connectivity index (χ0) is 21.4. The van der Waals surface area contributed by atoms with Gasteiger partial charge in [-0.25, -0.2) is 23.5 Å². The fraction of sp³-hybridized carbons (Fsp3) is 0.368. The highest BCUT2D eigenvalue weighted by atomic mass is 19.1. The van der Waals surface area contributed by atoms with E-state index >= 15 is 0 Å². The molecule has 10 nitrogen and oxygen atoms in total. The molecule has 11 heteroatoms. The number of hydrogen-bond acceptors (Lipinski definition) is 6. The summed E-state index contributed by atoms with van der Waals surface area (Å²) in [5.74, 6) is -0.388. The van der Waals surface area contributed by atoms with Crippen molar-refractivity contribution in [2.45, 2.75) is 18.6 Å². The lowest BCUT2D eigenvalue weighted by Gasteiger charge is -2.32. The zero-order valence-electron chi connectivity index (χ0n) is 16.2. The van der Waals surface area contributed by atoms with Crippen molar-refractivity contribution in [1.82, 2.24) is 29.3 Å². The van der Waals surface area contributed by atoms with Crippen LogP contribution in [-0.2, 0) is 0 Å². The molecule has 0 unspecified atom stereocenters. The number of amides is 1. The predicted octanol–water partition coefficient (Wildman–Crippen LogP) is 0.260. The van der Waals surface area contributed by atoms with Crippen molar-refractivity contribution in [2.24, 2.45) is 0 Å². The lowest BCUT2D eigenvalue weighted by Crippen LogP contribution is -2.41. The number of aromatic amines is 2. The summed E-state index contributed by atoms with van der Waals surface area (Å²) in [5, 5.41) is 9.84. The molecule has 1 aromatic carbocycles. The summed E-state index contributed by atoms with van der Waals surface area (Å²) in [6.45, 7) is 1.59. The topological polar surface area (TPSA) is 127 Å². The van der Waals surface area contributed by atoms with Crippen LogP contribution in [-0.4, -0.2) is 73.2 Å². The molecule has 0 aliphatic carbocycles. The number of nitrogens with zero attached hydrogens (tertiary/aromatic N) is 4. The minimum absolute atomic E-state index is 0.00458. The van der Waals surface area contributed by atoms with E-state index < -0.39 is 29.4 Å². The largest absolute Gasteiger partial charge is 0.392 e. The van der Waals surface area contributed by atoms with Crippen molar-refractivity contribution in [3.05, 3.63) is 62.8 Å². The van der Waals surface area contributed by atoms with E-state index in [2.05, 4.69) is 15.0 Å². The molecule has 3 heterocycles. The molecular weight excluding hydrogens is 395 g/mol. The van der Waals surface area contributed by atoms with E-state index in [-0.39, 0.29) is 17.0 Å². The van der Waals surface area contributed by atoms with Gasteiger partial charge in [0.15, 0.2) is 11.2 Å². The number of aromatic nitrogens is 4. The van der Waals surface area contributed by atoms with Gasteiger partial charge in [-0.05, 0) is 24.1 Å². The molecule has 2 atom stereocenters. The Morgan fingerprint density at radius 3 is 2.73 bits per heavy atom. The quantitative estimate of drug-likeness (QED) is 0.560. The summed E-state index contributed by atoms with van der Waals surface area (Å²) in [6.07, 6.45) is 1.40. The smallest absolute Gasteiger partial charge is 0.331 e. The number of fused-ring (bicyclic) bond motifs is 1. The first-order valence-corrected chi connectivity index (χ1v) is 9.46. The molecule has 1 aliphatic rings. The number of aliphatic hydroxyl groups is 1. The summed E-state index contributed by atoms with van der Waals surface area (Å²) in [5.41, 5.74) is -0.785. The fourth-order valence-corrected chi connectivity index (χ4v) is 3.74. The number of likely N-dealkylation sites (tertiary alicyclic amines) is 1. The van der Waals surface area contributed by atoms with Crippen LogP contribution in [0.4, 0.5) is 9.18 Å². The maximum Gasteiger partial charge on any atom is 0.331 e. The number of likely N-dealkylation sites (N-methyl/N-ethyl adjacent to an activating group) is 1. The SMILES string of the molecule is CN(C(=O)n1cnc2c(=O)[nH]c(=O)[nH]c21)[C@H](CN1CC[C@H](O)C1)c1ccc(F)cc1. The molecule has 158 valence electrons. The van der Waals surface area contributed by atoms with Gasteiger partial charge < -0.3 is 10.0 Å². The summed E-state index contributed by atoms with van der Waals surface area (Å²) in [7, 11) is 1.58. The van der Waals surface area contributed by atoms with Crippen molar-refractivity contribution in [3.8, 4) is 0 Å². The maximum atomic E-state index is 13.4. The van der Waals surface area contributed by atoms with Gasteiger partial charge in [-0.1, -0.05) is 12.1 Å². The molecule has 3 aromatic rings. The van der Waals surface area contributed by atoms with E-state index in [4.69, 9.17) is 0 Å². The molecule has 3 N–H and O–H groups in total. The van der Waals surface area contributed by atoms with Crippen LogP contribution in [0.3, 0.4) is 0 Å². The molecule has 2 aromatic heterocycles. The Hall–Kier alpha value is -3.31. The summed E-state index contributed by atoms with van der Waals surface area (Å²) < 4.78 is 14.5. The van der Waals surface area contributed by atoms with E-state index in [1.807, 2.05) is 4.90 Å². The number of nitrogens with one attached hydrogen (secondary N) is 2. The van der Waals surface area contributed by atoms with Gasteiger partial charge in [0.2, 0.25) is 0 Å². The molecule has 30 heavy (non-hydrogen) atoms. The Kier molecular flexibility index (Phi) is 5.22. The van der Waals surface area contributed by atoms with Crippen molar-refractivity contribution < 1.29 is 14.3 Å². The minimum Gasteiger partial charge on any atom is -0.392 e. The Morgan fingerprint density at radius 1 is 1.33 bits per heavy atom. The van der Waals surface area contributed by atoms with Crippen molar-refractivity contribution >= 4 is 17.2 Å². The van der Waals surface area contributed by atoms with Gasteiger partial charge in [0.05, 0.1) is 12.1 Å². The van der Waals surface area contributed by atoms with Crippen LogP contribution in [0.15, 0.2) is 40.2 Å². The average Bonchev–Trinajstić information content (AvgIpc) is 3.32. The minimum atomic E-state index is -0.745. The highest BCUT2D eigenvalue weighted by Gasteiger charge is 2.29. The fourth-order valence-electron chi connectivity index (χ4n) is 3.74. The van der Waals surface area contributed by atoms with Gasteiger partial charge in [0.1, 0.15) is 12.1 Å². The molecular formula is C19H21FN6O4. The number of hydrogen-bond donors (Lipinski definition) is 3. The number of halogens is 1. The molecule has 4 rings (SSSR count). The van der Waals surface area contributed by atoms with E-state index in [1.54, 1.807) is 19.2 Å². The van der Waals surface area contributed by atoms with Crippen LogP contribution >= 0.6 is 0 Å². The third-order valence-electron chi connectivity index (χ3n) is 5.35. The average molecular weight is 416 g/mol. The Balaban J connectivity index is 1.69. The number of rotatable bonds is 4. The zero-order valence-corrected chi connectivity index (χ0v) is 16.2. The van der Waals surface area contributed by atoms with Crippen LogP contribution in [0.25, 0.3) is 11.2 Å². The standard InChI is InChI=1S/C19H21FN6O4/c1-24(19(30)26-10-21-15-16(26)22-18(29)23-17(15)28)14(9-25-7-6-13(27)8-25)11-2-4-12(20)5-3-11/h2-5,10,13-14,27H,6-9H2,1H3,(H2,22,23,28,29)/t13-,14+/m0/s1. The van der Waals surface area contributed by atoms with E-state index in [0.29, 0.717) is 31.6 Å². The number of imidazole rings is 1. The molecule has 0 radical (unpaired) electrons. The predicted molar refractivity (Wildman–Crippen MR) is 106 cm³/mol. The molecule has 1 fully saturated rings. The van der Waals surface area contributed by atoms with Crippen LogP contribution in [0.5, 0.6) is 0 Å². The summed E-state index contributed by atoms with van der Waals surface area (Å²) in [6, 6.07) is 4.87. The van der Waals surface area contributed by atoms with Crippen LogP contribution in [0.2, 0.25) is 0 Å². The molecule has 1 saturated heterocycles. The molecule has 0 saturated carbocycles. The highest BCUT2D eigenvalue weighted by molar-refractivity contribution is 5.86. The number of aliphatic hydroxyl groups excluding tert-OH is 1.